The molecule has 2 heterocycles. The van der Waals surface area contributed by atoms with Crippen molar-refractivity contribution in [2.45, 2.75) is 39.7 Å². The van der Waals surface area contributed by atoms with Gasteiger partial charge < -0.3 is 15.4 Å². The van der Waals surface area contributed by atoms with Crippen molar-refractivity contribution in [2.75, 3.05) is 19.0 Å². The lowest BCUT2D eigenvalue weighted by Crippen LogP contribution is -2.44. The third-order valence-corrected chi connectivity index (χ3v) is 6.43. The van der Waals surface area contributed by atoms with Gasteiger partial charge >= 0.3 is 6.03 Å². The summed E-state index contributed by atoms with van der Waals surface area (Å²) in [6.07, 6.45) is 0.315. The molecule has 9 nitrogen and oxygen atoms in total. The lowest BCUT2D eigenvalue weighted by molar-refractivity contribution is -0.134. The van der Waals surface area contributed by atoms with Crippen LogP contribution in [0.15, 0.2) is 18.2 Å². The molecule has 0 aliphatic carbocycles. The number of nitrogens with one attached hydrogen (secondary N) is 2. The first-order chi connectivity index (χ1) is 14.6. The minimum Gasteiger partial charge on any atom is -0.496 e. The molecule has 1 fully saturated rings. The summed E-state index contributed by atoms with van der Waals surface area (Å²) in [4.78, 5) is 55.4. The van der Waals surface area contributed by atoms with Crippen molar-refractivity contribution in [3.8, 4) is 5.75 Å². The van der Waals surface area contributed by atoms with Crippen LogP contribution in [-0.4, -0.2) is 47.2 Å². The molecule has 1 aromatic heterocycles. The number of nitrogens with zero attached hydrogens (tertiary/aromatic N) is 2. The van der Waals surface area contributed by atoms with E-state index in [1.807, 2.05) is 6.92 Å². The number of methoxy groups -OCH3 is 1. The largest absolute Gasteiger partial charge is 0.496 e. The number of benzene rings is 1. The van der Waals surface area contributed by atoms with Crippen LogP contribution >= 0.6 is 11.3 Å². The number of amides is 4. The average Bonchev–Trinajstić information content (AvgIpc) is 3.20. The maximum absolute atomic E-state index is 13.2. The second-order valence-electron chi connectivity index (χ2n) is 7.30. The number of Topliss-reactive ketones (excluding diaryl/α,β-unsaturated/α-hetero) is 1. The molecule has 164 valence electrons. The fourth-order valence-corrected chi connectivity index (χ4v) is 4.51. The van der Waals surface area contributed by atoms with Crippen LogP contribution in [0.2, 0.25) is 0 Å². The highest BCUT2D eigenvalue weighted by Gasteiger charge is 2.51. The zero-order chi connectivity index (χ0) is 22.9. The highest BCUT2D eigenvalue weighted by atomic mass is 32.1. The molecule has 1 aromatic carbocycles. The monoisotopic (exact) mass is 444 g/mol. The Balaban J connectivity index is 1.80. The first-order valence-electron chi connectivity index (χ1n) is 9.70. The van der Waals surface area contributed by atoms with Crippen molar-refractivity contribution in [1.29, 1.82) is 0 Å². The standard InChI is InChI=1S/C21H24N4O5S/c1-6-21(14-7-8-15(30-5)11(2)9-14)18(28)25(20(29)24-21)10-16(27)23-19-22-12(3)17(31-19)13(4)26/h7-9H,6,10H2,1-5H3,(H,24,29)(H,22,23,27). The van der Waals surface area contributed by atoms with E-state index in [9.17, 15) is 19.2 Å². The second-order valence-corrected chi connectivity index (χ2v) is 8.30. The maximum Gasteiger partial charge on any atom is 0.325 e. The van der Waals surface area contributed by atoms with E-state index in [0.29, 0.717) is 28.3 Å². The number of ether oxygens (including phenoxy) is 1. The van der Waals surface area contributed by atoms with Crippen LogP contribution in [0, 0.1) is 13.8 Å². The third kappa shape index (κ3) is 4.02. The number of urea groups is 1. The molecule has 0 bridgehead atoms. The van der Waals surface area contributed by atoms with E-state index >= 15 is 0 Å². The first kappa shape index (κ1) is 22.4. The van der Waals surface area contributed by atoms with E-state index in [2.05, 4.69) is 15.6 Å². The summed E-state index contributed by atoms with van der Waals surface area (Å²) >= 11 is 1.05. The topological polar surface area (TPSA) is 118 Å². The van der Waals surface area contributed by atoms with Crippen molar-refractivity contribution in [3.63, 3.8) is 0 Å². The molecule has 0 radical (unpaired) electrons. The van der Waals surface area contributed by atoms with E-state index in [1.54, 1.807) is 39.2 Å². The Morgan fingerprint density at radius 2 is 2.00 bits per heavy atom. The second kappa shape index (κ2) is 8.46. The van der Waals surface area contributed by atoms with E-state index in [4.69, 9.17) is 4.74 Å². The summed E-state index contributed by atoms with van der Waals surface area (Å²) < 4.78 is 5.27. The van der Waals surface area contributed by atoms with Crippen molar-refractivity contribution in [2.24, 2.45) is 0 Å². The summed E-state index contributed by atoms with van der Waals surface area (Å²) in [6, 6.07) is 4.63. The minimum absolute atomic E-state index is 0.146. The summed E-state index contributed by atoms with van der Waals surface area (Å²) in [5, 5.41) is 5.56. The number of aryl methyl sites for hydroxylation is 2. The summed E-state index contributed by atoms with van der Waals surface area (Å²) in [5.74, 6) is -0.552. The number of imide groups is 1. The van der Waals surface area contributed by atoms with Crippen molar-refractivity contribution in [1.82, 2.24) is 15.2 Å². The molecule has 1 aliphatic heterocycles. The molecule has 1 saturated heterocycles. The predicted molar refractivity (Wildman–Crippen MR) is 115 cm³/mol. The quantitative estimate of drug-likeness (QED) is 0.501. The van der Waals surface area contributed by atoms with Crippen LogP contribution in [0.25, 0.3) is 0 Å². The lowest BCUT2D eigenvalue weighted by Gasteiger charge is -2.26. The number of hydrogen-bond acceptors (Lipinski definition) is 7. The number of carbonyl (C=O) groups is 4. The zero-order valence-corrected chi connectivity index (χ0v) is 18.8. The number of ketones is 1. The molecule has 0 saturated carbocycles. The van der Waals surface area contributed by atoms with Crippen LogP contribution in [0.4, 0.5) is 9.93 Å². The number of rotatable bonds is 7. The maximum atomic E-state index is 13.2. The Labute approximate surface area is 183 Å². The van der Waals surface area contributed by atoms with Crippen molar-refractivity contribution in [3.05, 3.63) is 39.9 Å². The van der Waals surface area contributed by atoms with Gasteiger partial charge in [-0.2, -0.15) is 0 Å². The van der Waals surface area contributed by atoms with Gasteiger partial charge in [0, 0.05) is 6.92 Å². The molecule has 2 N–H and O–H groups in total. The fourth-order valence-electron chi connectivity index (χ4n) is 3.63. The molecule has 1 atom stereocenters. The molecule has 31 heavy (non-hydrogen) atoms. The summed E-state index contributed by atoms with van der Waals surface area (Å²) in [5.41, 5.74) is 0.707. The molecular formula is C21H24N4O5S. The van der Waals surface area contributed by atoms with E-state index in [-0.39, 0.29) is 10.9 Å². The Morgan fingerprint density at radius 1 is 1.29 bits per heavy atom. The molecule has 10 heteroatoms. The Kier molecular flexibility index (Phi) is 6.12. The van der Waals surface area contributed by atoms with Gasteiger partial charge in [-0.25, -0.2) is 9.78 Å². The zero-order valence-electron chi connectivity index (χ0n) is 18.0. The molecule has 0 spiro atoms. The Hall–Kier alpha value is -3.27. The minimum atomic E-state index is -1.26. The van der Waals surface area contributed by atoms with Crippen molar-refractivity contribution < 1.29 is 23.9 Å². The highest BCUT2D eigenvalue weighted by molar-refractivity contribution is 7.17. The third-order valence-electron chi connectivity index (χ3n) is 5.26. The Morgan fingerprint density at radius 3 is 2.55 bits per heavy atom. The van der Waals surface area contributed by atoms with Crippen LogP contribution < -0.4 is 15.4 Å². The lowest BCUT2D eigenvalue weighted by atomic mass is 9.86. The van der Waals surface area contributed by atoms with Gasteiger partial charge in [0.2, 0.25) is 5.91 Å². The number of carbonyl (C=O) groups excluding carboxylic acids is 4. The van der Waals surface area contributed by atoms with Gasteiger partial charge in [-0.15, -0.1) is 0 Å². The smallest absolute Gasteiger partial charge is 0.325 e. The predicted octanol–water partition coefficient (Wildman–Crippen LogP) is 2.77. The number of hydrogen-bond donors (Lipinski definition) is 2. The van der Waals surface area contributed by atoms with E-state index in [1.165, 1.54) is 6.92 Å². The van der Waals surface area contributed by atoms with Gasteiger partial charge in [-0.3, -0.25) is 19.3 Å². The van der Waals surface area contributed by atoms with Crippen molar-refractivity contribution >= 4 is 40.1 Å². The summed E-state index contributed by atoms with van der Waals surface area (Å²) in [7, 11) is 1.56. The SMILES string of the molecule is CCC1(c2ccc(OC)c(C)c2)NC(=O)N(CC(=O)Nc2nc(C)c(C(C)=O)s2)C1=O. The van der Waals surface area contributed by atoms with Gasteiger partial charge in [-0.05, 0) is 43.5 Å². The number of aromatic nitrogens is 1. The van der Waals surface area contributed by atoms with Gasteiger partial charge in [0.15, 0.2) is 10.9 Å². The van der Waals surface area contributed by atoms with Crippen LogP contribution in [0.1, 0.15) is 46.8 Å². The van der Waals surface area contributed by atoms with Gasteiger partial charge in [0.05, 0.1) is 17.7 Å². The normalized spacial score (nSPS) is 18.2. The molecule has 1 unspecified atom stereocenters. The molecule has 1 aliphatic rings. The van der Waals surface area contributed by atoms with Crippen LogP contribution in [0.3, 0.4) is 0 Å². The molecular weight excluding hydrogens is 420 g/mol. The Bertz CT molecular complexity index is 1080. The number of thiazole rings is 1. The molecule has 4 amide bonds. The van der Waals surface area contributed by atoms with Gasteiger partial charge in [-0.1, -0.05) is 24.3 Å². The fraction of sp³-hybridized carbons (Fsp3) is 0.381. The average molecular weight is 445 g/mol. The molecule has 3 rings (SSSR count). The highest BCUT2D eigenvalue weighted by Crippen LogP contribution is 2.34. The van der Waals surface area contributed by atoms with Crippen LogP contribution in [-0.2, 0) is 15.1 Å². The first-order valence-corrected chi connectivity index (χ1v) is 10.5. The number of anilines is 1. The van der Waals surface area contributed by atoms with Crippen LogP contribution in [0.5, 0.6) is 5.75 Å². The van der Waals surface area contributed by atoms with E-state index < -0.39 is 29.9 Å². The van der Waals surface area contributed by atoms with E-state index in [0.717, 1.165) is 21.8 Å². The van der Waals surface area contributed by atoms with Gasteiger partial charge in [0.25, 0.3) is 5.91 Å². The summed E-state index contributed by atoms with van der Waals surface area (Å²) in [6.45, 7) is 6.28. The molecule has 2 aromatic rings. The van der Waals surface area contributed by atoms with Gasteiger partial charge in [0.1, 0.15) is 17.8 Å².